The van der Waals surface area contributed by atoms with Gasteiger partial charge in [0.2, 0.25) is 0 Å². The maximum absolute atomic E-state index is 7.55. The number of nitrogens with one attached hydrogen (secondary N) is 1. The van der Waals surface area contributed by atoms with E-state index in [-0.39, 0.29) is 0 Å². The van der Waals surface area contributed by atoms with E-state index in [1.165, 1.54) is 11.3 Å². The minimum Gasteiger partial charge on any atom is -0.353 e. The fourth-order valence-corrected chi connectivity index (χ4v) is 1.43. The first kappa shape index (κ1) is 4.97. The van der Waals surface area contributed by atoms with Crippen molar-refractivity contribution >= 4 is 0 Å². The van der Waals surface area contributed by atoms with Crippen molar-refractivity contribution in [3.05, 3.63) is 23.5 Å². The predicted octanol–water partition coefficient (Wildman–Crippen LogP) is 0.671. The molecule has 0 aromatic carbocycles. The molecule has 0 saturated heterocycles. The van der Waals surface area contributed by atoms with Gasteiger partial charge in [-0.3, -0.25) is 0 Å². The smallest absolute Gasteiger partial charge is 0.0818 e. The van der Waals surface area contributed by atoms with Crippen molar-refractivity contribution in [3.8, 4) is 0 Å². The molecular weight excluding hydrogens is 124 g/mol. The number of nitrogens with zero attached hydrogens (tertiary/aromatic N) is 1. The molecule has 54 valence electrons. The lowest BCUT2D eigenvalue weighted by Crippen LogP contribution is -2.24. The highest BCUT2D eigenvalue weighted by Gasteiger charge is 2.09. The van der Waals surface area contributed by atoms with Gasteiger partial charge in [-0.25, -0.2) is 0 Å². The van der Waals surface area contributed by atoms with Crippen molar-refractivity contribution in [2.75, 3.05) is 6.54 Å². The van der Waals surface area contributed by atoms with Crippen LogP contribution in [0.4, 0.5) is 0 Å². The van der Waals surface area contributed by atoms with Crippen molar-refractivity contribution in [3.63, 3.8) is 0 Å². The minimum atomic E-state index is 0.624. The first-order valence-corrected chi connectivity index (χ1v) is 3.64. The Kier molecular flexibility index (Phi) is 1.06. The first-order chi connectivity index (χ1) is 5.29. The summed E-state index contributed by atoms with van der Waals surface area (Å²) in [4.78, 5) is 0. The maximum Gasteiger partial charge on any atom is 0.0818 e. The van der Waals surface area contributed by atoms with Gasteiger partial charge >= 0.3 is 0 Å². The third-order valence-electron chi connectivity index (χ3n) is 2.07. The van der Waals surface area contributed by atoms with Crippen LogP contribution in [-0.2, 0) is 20.0 Å². The quantitative estimate of drug-likeness (QED) is 0.556. The van der Waals surface area contributed by atoms with Gasteiger partial charge in [-0.2, -0.15) is 0 Å². The van der Waals surface area contributed by atoms with Crippen LogP contribution in [0.2, 0.25) is 0 Å². The van der Waals surface area contributed by atoms with Crippen LogP contribution in [0.1, 0.15) is 12.6 Å². The number of hydrogen-bond donors (Lipinski definition) is 1. The first-order valence-electron chi connectivity index (χ1n) is 4.14. The topological polar surface area (TPSA) is 17.0 Å². The molecule has 0 atom stereocenters. The molecule has 10 heavy (non-hydrogen) atoms. The molecule has 0 amide bonds. The van der Waals surface area contributed by atoms with E-state index < -0.39 is 0 Å². The second kappa shape index (κ2) is 2.13. The Balaban J connectivity index is 2.50. The van der Waals surface area contributed by atoms with Crippen molar-refractivity contribution in [2.24, 2.45) is 7.05 Å². The van der Waals surface area contributed by atoms with Gasteiger partial charge in [-0.05, 0) is 24.6 Å². The molecule has 1 aliphatic heterocycles. The van der Waals surface area contributed by atoms with Gasteiger partial charge in [0, 0.05) is 25.5 Å². The maximum atomic E-state index is 7.55. The number of hydrogen-bond acceptors (Lipinski definition) is 1. The Morgan fingerprint density at radius 3 is 3.50 bits per heavy atom. The van der Waals surface area contributed by atoms with Crippen LogP contribution in [0.15, 0.2) is 12.2 Å². The van der Waals surface area contributed by atoms with Crippen molar-refractivity contribution in [1.29, 1.82) is 0 Å². The van der Waals surface area contributed by atoms with Gasteiger partial charge < -0.3 is 9.88 Å². The fraction of sp³-hybridized carbons (Fsp3) is 0.500. The van der Waals surface area contributed by atoms with Crippen LogP contribution >= 0.6 is 0 Å². The molecule has 0 spiro atoms. The van der Waals surface area contributed by atoms with E-state index in [0.717, 1.165) is 19.5 Å². The highest BCUT2D eigenvalue weighted by molar-refractivity contribution is 5.24. The molecule has 2 heteroatoms. The van der Waals surface area contributed by atoms with Crippen LogP contribution in [0.25, 0.3) is 0 Å². The van der Waals surface area contributed by atoms with Gasteiger partial charge in [0.1, 0.15) is 0 Å². The van der Waals surface area contributed by atoms with Crippen LogP contribution in [-0.4, -0.2) is 11.1 Å². The summed E-state index contributed by atoms with van der Waals surface area (Å²) in [5.41, 5.74) is 2.62. The third kappa shape index (κ3) is 0.762. The van der Waals surface area contributed by atoms with Crippen molar-refractivity contribution in [1.82, 2.24) is 9.88 Å². The van der Waals surface area contributed by atoms with Gasteiger partial charge in [0.05, 0.1) is 1.37 Å². The van der Waals surface area contributed by atoms with Gasteiger partial charge in [0.25, 0.3) is 0 Å². The molecule has 0 unspecified atom stereocenters. The summed E-state index contributed by atoms with van der Waals surface area (Å²) in [6, 6.07) is 1.97. The lowest BCUT2D eigenvalue weighted by Gasteiger charge is -2.14. The zero-order valence-corrected chi connectivity index (χ0v) is 6.15. The number of rotatable bonds is 0. The Morgan fingerprint density at radius 1 is 1.80 bits per heavy atom. The third-order valence-corrected chi connectivity index (χ3v) is 2.07. The van der Waals surface area contributed by atoms with Gasteiger partial charge in [0.15, 0.2) is 0 Å². The molecule has 0 bridgehead atoms. The Hall–Kier alpha value is -0.760. The molecule has 2 rings (SSSR count). The zero-order chi connectivity index (χ0) is 7.84. The highest BCUT2D eigenvalue weighted by atomic mass is 15.0. The molecule has 1 aromatic rings. The summed E-state index contributed by atoms with van der Waals surface area (Å²) in [7, 11) is 1.95. The van der Waals surface area contributed by atoms with E-state index in [4.69, 9.17) is 1.37 Å². The standard InChI is InChI=1S/C8H12N2/c1-10-5-3-7-2-4-9-6-8(7)10/h3,5,9H,2,4,6H2,1H3/i5D. The van der Waals surface area contributed by atoms with E-state index >= 15 is 0 Å². The van der Waals surface area contributed by atoms with Crippen LogP contribution < -0.4 is 5.32 Å². The fourth-order valence-electron chi connectivity index (χ4n) is 1.43. The van der Waals surface area contributed by atoms with E-state index in [1.54, 1.807) is 0 Å². The largest absolute Gasteiger partial charge is 0.353 e. The summed E-state index contributed by atoms with van der Waals surface area (Å²) in [5, 5.41) is 3.29. The molecule has 0 fully saturated rings. The predicted molar refractivity (Wildman–Crippen MR) is 40.8 cm³/mol. The monoisotopic (exact) mass is 137 g/mol. The second-order valence-electron chi connectivity index (χ2n) is 2.73. The van der Waals surface area contributed by atoms with Gasteiger partial charge in [-0.1, -0.05) is 0 Å². The van der Waals surface area contributed by atoms with Crippen LogP contribution in [0, 0.1) is 0 Å². The Labute approximate surface area is 62.3 Å². The lowest BCUT2D eigenvalue weighted by molar-refractivity contribution is 0.610. The molecule has 2 nitrogen and oxygen atoms in total. The molecule has 0 saturated carbocycles. The molecular formula is C8H12N2. The zero-order valence-electron chi connectivity index (χ0n) is 7.15. The van der Waals surface area contributed by atoms with Crippen LogP contribution in [0.5, 0.6) is 0 Å². The molecule has 1 aliphatic rings. The molecule has 1 aromatic heterocycles. The van der Waals surface area contributed by atoms with E-state index in [9.17, 15) is 0 Å². The van der Waals surface area contributed by atoms with Crippen LogP contribution in [0.3, 0.4) is 0 Å². The average Bonchev–Trinajstić information content (AvgIpc) is 2.30. The number of aromatic nitrogens is 1. The SMILES string of the molecule is [2H]c1cc2c(n1C)CNCC2. The van der Waals surface area contributed by atoms with Crippen molar-refractivity contribution in [2.45, 2.75) is 13.0 Å². The molecule has 2 heterocycles. The second-order valence-corrected chi connectivity index (χ2v) is 2.73. The summed E-state index contributed by atoms with van der Waals surface area (Å²) in [6.45, 7) is 1.97. The Morgan fingerprint density at radius 2 is 2.70 bits per heavy atom. The number of fused-ring (bicyclic) bond motifs is 1. The summed E-state index contributed by atoms with van der Waals surface area (Å²) < 4.78 is 9.50. The molecule has 0 radical (unpaired) electrons. The molecule has 1 N–H and O–H groups in total. The van der Waals surface area contributed by atoms with E-state index in [2.05, 4.69) is 5.32 Å². The highest BCUT2D eigenvalue weighted by Crippen LogP contribution is 2.12. The summed E-state index contributed by atoms with van der Waals surface area (Å²) >= 11 is 0. The summed E-state index contributed by atoms with van der Waals surface area (Å²) in [6.07, 6.45) is 1.70. The average molecular weight is 137 g/mol. The van der Waals surface area contributed by atoms with Crippen molar-refractivity contribution < 1.29 is 1.37 Å². The minimum absolute atomic E-state index is 0.624. The van der Waals surface area contributed by atoms with Gasteiger partial charge in [-0.15, -0.1) is 0 Å². The Bertz CT molecular complexity index is 278. The van der Waals surface area contributed by atoms with E-state index in [0.29, 0.717) is 6.17 Å². The van der Waals surface area contributed by atoms with E-state index in [1.807, 2.05) is 17.7 Å². The normalized spacial score (nSPS) is 18.3. The molecule has 0 aliphatic carbocycles. The lowest BCUT2D eigenvalue weighted by atomic mass is 10.1. The summed E-state index contributed by atoms with van der Waals surface area (Å²) in [5.74, 6) is 0.